The standard InChI is InChI=1S/C10H10Cl2O4/c11-4-7(12)5-16-10(15)6-1-2-8(13)9(14)3-6/h1-3,7,13-14H,4-5H2. The van der Waals surface area contributed by atoms with Gasteiger partial charge in [0.05, 0.1) is 10.9 Å². The van der Waals surface area contributed by atoms with Crippen LogP contribution in [0, 0.1) is 0 Å². The number of carbonyl (C=O) groups is 1. The largest absolute Gasteiger partial charge is 0.504 e. The molecule has 0 aliphatic heterocycles. The molecule has 0 aliphatic rings. The van der Waals surface area contributed by atoms with Gasteiger partial charge in [-0.25, -0.2) is 4.79 Å². The lowest BCUT2D eigenvalue weighted by Gasteiger charge is -2.07. The number of benzene rings is 1. The van der Waals surface area contributed by atoms with Crippen molar-refractivity contribution in [2.45, 2.75) is 5.38 Å². The Morgan fingerprint density at radius 2 is 2.06 bits per heavy atom. The minimum Gasteiger partial charge on any atom is -0.504 e. The van der Waals surface area contributed by atoms with Crippen LogP contribution in [0.2, 0.25) is 0 Å². The van der Waals surface area contributed by atoms with E-state index >= 15 is 0 Å². The van der Waals surface area contributed by atoms with Gasteiger partial charge in [0.25, 0.3) is 0 Å². The van der Waals surface area contributed by atoms with Crippen molar-refractivity contribution in [3.63, 3.8) is 0 Å². The Bertz CT molecular complexity index is 381. The zero-order valence-electron chi connectivity index (χ0n) is 8.19. The predicted octanol–water partition coefficient (Wildman–Crippen LogP) is 2.10. The van der Waals surface area contributed by atoms with Crippen LogP contribution in [0.4, 0.5) is 0 Å². The molecule has 0 aliphatic carbocycles. The molecule has 2 N–H and O–H groups in total. The first kappa shape index (κ1) is 12.9. The molecule has 1 aromatic carbocycles. The van der Waals surface area contributed by atoms with E-state index in [1.54, 1.807) is 0 Å². The van der Waals surface area contributed by atoms with Crippen LogP contribution < -0.4 is 0 Å². The van der Waals surface area contributed by atoms with E-state index in [-0.39, 0.29) is 29.5 Å². The zero-order valence-corrected chi connectivity index (χ0v) is 9.70. The lowest BCUT2D eigenvalue weighted by molar-refractivity contribution is 0.0508. The number of alkyl halides is 2. The summed E-state index contributed by atoms with van der Waals surface area (Å²) >= 11 is 11.1. The van der Waals surface area contributed by atoms with E-state index in [9.17, 15) is 4.79 Å². The summed E-state index contributed by atoms with van der Waals surface area (Å²) in [5.74, 6) is -1.14. The van der Waals surface area contributed by atoms with Crippen LogP contribution >= 0.6 is 23.2 Å². The van der Waals surface area contributed by atoms with Crippen LogP contribution in [0.15, 0.2) is 18.2 Å². The molecular formula is C10H10Cl2O4. The van der Waals surface area contributed by atoms with Crippen LogP contribution in [0.25, 0.3) is 0 Å². The summed E-state index contributed by atoms with van der Waals surface area (Å²) in [7, 11) is 0. The molecule has 0 bridgehead atoms. The predicted molar refractivity (Wildman–Crippen MR) is 60.4 cm³/mol. The van der Waals surface area contributed by atoms with Gasteiger partial charge in [-0.05, 0) is 18.2 Å². The van der Waals surface area contributed by atoms with Gasteiger partial charge >= 0.3 is 5.97 Å². The van der Waals surface area contributed by atoms with Gasteiger partial charge in [0, 0.05) is 5.88 Å². The van der Waals surface area contributed by atoms with E-state index in [2.05, 4.69) is 0 Å². The van der Waals surface area contributed by atoms with Gasteiger partial charge in [-0.1, -0.05) is 0 Å². The van der Waals surface area contributed by atoms with Crippen molar-refractivity contribution in [3.8, 4) is 11.5 Å². The Labute approximate surface area is 102 Å². The lowest BCUT2D eigenvalue weighted by Crippen LogP contribution is -2.15. The van der Waals surface area contributed by atoms with Crippen molar-refractivity contribution in [2.24, 2.45) is 0 Å². The minimum atomic E-state index is -0.633. The number of ether oxygens (including phenoxy) is 1. The molecule has 0 fully saturated rings. The number of aromatic hydroxyl groups is 2. The average molecular weight is 265 g/mol. The first-order valence-corrected chi connectivity index (χ1v) is 5.41. The molecule has 88 valence electrons. The van der Waals surface area contributed by atoms with Gasteiger partial charge in [0.2, 0.25) is 0 Å². The molecular weight excluding hydrogens is 255 g/mol. The number of rotatable bonds is 4. The van der Waals surface area contributed by atoms with E-state index in [4.69, 9.17) is 38.2 Å². The van der Waals surface area contributed by atoms with Gasteiger partial charge < -0.3 is 14.9 Å². The number of hydrogen-bond acceptors (Lipinski definition) is 4. The van der Waals surface area contributed by atoms with E-state index in [1.165, 1.54) is 12.1 Å². The molecule has 1 aromatic rings. The second-order valence-corrected chi connectivity index (χ2v) is 3.98. The third-order valence-corrected chi connectivity index (χ3v) is 2.58. The lowest BCUT2D eigenvalue weighted by atomic mass is 10.2. The van der Waals surface area contributed by atoms with Crippen LogP contribution in [-0.4, -0.2) is 34.0 Å². The maximum absolute atomic E-state index is 11.4. The molecule has 1 rings (SSSR count). The van der Waals surface area contributed by atoms with Crippen LogP contribution in [-0.2, 0) is 4.74 Å². The molecule has 0 saturated heterocycles. The summed E-state index contributed by atoms with van der Waals surface area (Å²) in [5.41, 5.74) is 0.133. The molecule has 16 heavy (non-hydrogen) atoms. The molecule has 0 amide bonds. The highest BCUT2D eigenvalue weighted by Gasteiger charge is 2.12. The van der Waals surface area contributed by atoms with Crippen LogP contribution in [0.1, 0.15) is 10.4 Å². The van der Waals surface area contributed by atoms with Crippen molar-refractivity contribution in [2.75, 3.05) is 12.5 Å². The summed E-state index contributed by atoms with van der Waals surface area (Å²) in [6.07, 6.45) is 0. The Morgan fingerprint density at radius 3 is 2.62 bits per heavy atom. The third-order valence-electron chi connectivity index (χ3n) is 1.77. The van der Waals surface area contributed by atoms with Gasteiger partial charge in [0.1, 0.15) is 6.61 Å². The van der Waals surface area contributed by atoms with Crippen molar-refractivity contribution in [3.05, 3.63) is 23.8 Å². The molecule has 0 spiro atoms. The Morgan fingerprint density at radius 1 is 1.38 bits per heavy atom. The van der Waals surface area contributed by atoms with Crippen molar-refractivity contribution in [1.82, 2.24) is 0 Å². The fourth-order valence-electron chi connectivity index (χ4n) is 0.944. The summed E-state index contributed by atoms with van der Waals surface area (Å²) < 4.78 is 4.83. The third kappa shape index (κ3) is 3.47. The summed E-state index contributed by atoms with van der Waals surface area (Å²) in [5, 5.41) is 17.8. The van der Waals surface area contributed by atoms with Gasteiger partial charge in [-0.15, -0.1) is 23.2 Å². The molecule has 1 atom stereocenters. The van der Waals surface area contributed by atoms with E-state index in [0.29, 0.717) is 0 Å². The van der Waals surface area contributed by atoms with E-state index in [1.807, 2.05) is 0 Å². The van der Waals surface area contributed by atoms with Gasteiger partial charge in [0.15, 0.2) is 11.5 Å². The van der Waals surface area contributed by atoms with Crippen LogP contribution in [0.5, 0.6) is 11.5 Å². The van der Waals surface area contributed by atoms with Gasteiger partial charge in [-0.3, -0.25) is 0 Å². The second kappa shape index (κ2) is 5.82. The second-order valence-electron chi connectivity index (χ2n) is 3.05. The Hall–Kier alpha value is -1.13. The molecule has 0 saturated carbocycles. The number of halogens is 2. The van der Waals surface area contributed by atoms with E-state index < -0.39 is 11.3 Å². The average Bonchev–Trinajstić information content (AvgIpc) is 2.29. The number of hydrogen-bond donors (Lipinski definition) is 2. The molecule has 1 unspecified atom stereocenters. The Kier molecular flexibility index (Phi) is 4.71. The summed E-state index contributed by atoms with van der Waals surface area (Å²) in [6.45, 7) is -0.00841. The smallest absolute Gasteiger partial charge is 0.338 e. The first-order valence-electron chi connectivity index (χ1n) is 4.43. The van der Waals surface area contributed by atoms with Crippen molar-refractivity contribution < 1.29 is 19.7 Å². The summed E-state index contributed by atoms with van der Waals surface area (Å²) in [4.78, 5) is 11.4. The maximum atomic E-state index is 11.4. The minimum absolute atomic E-state index is 0.00841. The van der Waals surface area contributed by atoms with Crippen molar-refractivity contribution >= 4 is 29.2 Å². The fourth-order valence-corrected chi connectivity index (χ4v) is 1.10. The normalized spacial score (nSPS) is 12.1. The molecule has 0 heterocycles. The highest BCUT2D eigenvalue weighted by molar-refractivity contribution is 6.28. The van der Waals surface area contributed by atoms with Gasteiger partial charge in [-0.2, -0.15) is 0 Å². The molecule has 0 radical (unpaired) electrons. The monoisotopic (exact) mass is 264 g/mol. The number of esters is 1. The molecule has 4 nitrogen and oxygen atoms in total. The summed E-state index contributed by atoms with van der Waals surface area (Å²) in [6, 6.07) is 3.65. The number of phenols is 2. The maximum Gasteiger partial charge on any atom is 0.338 e. The Balaban J connectivity index is 2.63. The van der Waals surface area contributed by atoms with Crippen molar-refractivity contribution in [1.29, 1.82) is 0 Å². The highest BCUT2D eigenvalue weighted by Crippen LogP contribution is 2.25. The van der Waals surface area contributed by atoms with Crippen LogP contribution in [0.3, 0.4) is 0 Å². The quantitative estimate of drug-likeness (QED) is 0.497. The SMILES string of the molecule is O=C(OCC(Cl)CCl)c1ccc(O)c(O)c1. The first-order chi connectivity index (χ1) is 7.54. The fraction of sp³-hybridized carbons (Fsp3) is 0.300. The molecule has 6 heteroatoms. The van der Waals surface area contributed by atoms with E-state index in [0.717, 1.165) is 6.07 Å². The number of carbonyl (C=O) groups excluding carboxylic acids is 1. The molecule has 0 aromatic heterocycles. The zero-order chi connectivity index (χ0) is 12.1. The number of phenolic OH excluding ortho intramolecular Hbond substituents is 2. The topological polar surface area (TPSA) is 66.8 Å². The highest BCUT2D eigenvalue weighted by atomic mass is 35.5.